The van der Waals surface area contributed by atoms with Gasteiger partial charge in [-0.2, -0.15) is 5.26 Å². The average Bonchev–Trinajstić information content (AvgIpc) is 2.77. The van der Waals surface area contributed by atoms with Crippen molar-refractivity contribution in [1.82, 2.24) is 4.57 Å². The highest BCUT2D eigenvalue weighted by molar-refractivity contribution is 5.56. The fourth-order valence-corrected chi connectivity index (χ4v) is 3.91. The minimum Gasteiger partial charge on any atom is -0.497 e. The third kappa shape index (κ3) is 3.66. The second-order valence-corrected chi connectivity index (χ2v) is 7.64. The molecular formula is C25H23N3O3. The number of ether oxygens (including phenoxy) is 2. The number of aromatic nitrogens is 1. The van der Waals surface area contributed by atoms with Crippen molar-refractivity contribution in [3.8, 4) is 17.6 Å². The normalized spacial score (nSPS) is 15.1. The average molecular weight is 413 g/mol. The van der Waals surface area contributed by atoms with Crippen molar-refractivity contribution in [2.45, 2.75) is 26.3 Å². The van der Waals surface area contributed by atoms with Crippen LogP contribution >= 0.6 is 0 Å². The van der Waals surface area contributed by atoms with E-state index in [4.69, 9.17) is 15.2 Å². The molecule has 0 saturated carbocycles. The second-order valence-electron chi connectivity index (χ2n) is 7.64. The Hall–Kier alpha value is -3.98. The lowest BCUT2D eigenvalue weighted by atomic mass is 9.84. The van der Waals surface area contributed by atoms with Crippen LogP contribution in [-0.2, 0) is 6.54 Å². The molecule has 6 heteroatoms. The number of hydrogen-bond donors (Lipinski definition) is 1. The van der Waals surface area contributed by atoms with E-state index in [1.165, 1.54) is 0 Å². The Morgan fingerprint density at radius 2 is 1.90 bits per heavy atom. The number of aryl methyl sites for hydroxylation is 2. The van der Waals surface area contributed by atoms with E-state index in [-0.39, 0.29) is 17.0 Å². The van der Waals surface area contributed by atoms with Crippen LogP contribution < -0.4 is 20.8 Å². The number of nitriles is 1. The van der Waals surface area contributed by atoms with Gasteiger partial charge in [0.2, 0.25) is 5.88 Å². The third-order valence-corrected chi connectivity index (χ3v) is 5.58. The molecule has 0 bridgehead atoms. The van der Waals surface area contributed by atoms with Gasteiger partial charge in [0.25, 0.3) is 5.56 Å². The lowest BCUT2D eigenvalue weighted by Crippen LogP contribution is -2.33. The van der Waals surface area contributed by atoms with E-state index in [9.17, 15) is 10.1 Å². The molecule has 1 aliphatic rings. The molecule has 1 unspecified atom stereocenters. The molecule has 0 spiro atoms. The van der Waals surface area contributed by atoms with Crippen LogP contribution in [0.15, 0.2) is 70.8 Å². The molecule has 1 aromatic heterocycles. The zero-order valence-electron chi connectivity index (χ0n) is 17.7. The first kappa shape index (κ1) is 20.3. The Bertz CT molecular complexity index is 1280. The van der Waals surface area contributed by atoms with E-state index in [2.05, 4.69) is 6.07 Å². The van der Waals surface area contributed by atoms with Crippen LogP contribution in [0.25, 0.3) is 0 Å². The van der Waals surface area contributed by atoms with Gasteiger partial charge in [-0.3, -0.25) is 4.79 Å². The van der Waals surface area contributed by atoms with Crippen molar-refractivity contribution in [2.24, 2.45) is 5.73 Å². The van der Waals surface area contributed by atoms with Crippen LogP contribution in [0, 0.1) is 25.2 Å². The Morgan fingerprint density at radius 1 is 1.16 bits per heavy atom. The van der Waals surface area contributed by atoms with Crippen LogP contribution in [0.3, 0.4) is 0 Å². The van der Waals surface area contributed by atoms with Gasteiger partial charge in [0.05, 0.1) is 25.1 Å². The van der Waals surface area contributed by atoms with Crippen molar-refractivity contribution in [3.63, 3.8) is 0 Å². The third-order valence-electron chi connectivity index (χ3n) is 5.58. The monoisotopic (exact) mass is 413 g/mol. The Kier molecular flexibility index (Phi) is 5.26. The molecule has 0 fully saturated rings. The molecule has 31 heavy (non-hydrogen) atoms. The van der Waals surface area contributed by atoms with E-state index < -0.39 is 5.92 Å². The van der Waals surface area contributed by atoms with Gasteiger partial charge in [-0.1, -0.05) is 42.0 Å². The smallest absolute Gasteiger partial charge is 0.259 e. The van der Waals surface area contributed by atoms with Gasteiger partial charge in [0, 0.05) is 11.8 Å². The summed E-state index contributed by atoms with van der Waals surface area (Å²) in [5.41, 5.74) is 10.1. The number of methoxy groups -OCH3 is 1. The Balaban J connectivity index is 1.91. The first-order valence-corrected chi connectivity index (χ1v) is 9.94. The number of benzene rings is 2. The molecule has 2 aromatic carbocycles. The fourth-order valence-electron chi connectivity index (χ4n) is 3.91. The molecule has 0 aliphatic carbocycles. The summed E-state index contributed by atoms with van der Waals surface area (Å²) in [7, 11) is 1.57. The number of nitrogens with two attached hydrogens (primary N) is 1. The van der Waals surface area contributed by atoms with Crippen molar-refractivity contribution in [3.05, 3.63) is 104 Å². The maximum atomic E-state index is 13.7. The van der Waals surface area contributed by atoms with Crippen molar-refractivity contribution in [2.75, 3.05) is 7.11 Å². The lowest BCUT2D eigenvalue weighted by molar-refractivity contribution is 0.388. The standard InChI is InChI=1S/C25H23N3O3/c1-15-7-9-17(10-8-15)14-28-16(2)11-21-23(25(28)29)22(20(13-26)24(27)31-21)18-5-4-6-19(12-18)30-3/h4-12,22H,14,27H2,1-3H3. The summed E-state index contributed by atoms with van der Waals surface area (Å²) in [5.74, 6) is 0.389. The zero-order chi connectivity index (χ0) is 22.1. The fraction of sp³-hybridized carbons (Fsp3) is 0.200. The topological polar surface area (TPSA) is 90.3 Å². The summed E-state index contributed by atoms with van der Waals surface area (Å²) in [6.07, 6.45) is 0. The molecule has 0 saturated heterocycles. The van der Waals surface area contributed by atoms with Gasteiger partial charge in [-0.15, -0.1) is 0 Å². The second kappa shape index (κ2) is 8.04. The summed E-state index contributed by atoms with van der Waals surface area (Å²) in [5, 5.41) is 9.81. The van der Waals surface area contributed by atoms with E-state index >= 15 is 0 Å². The quantitative estimate of drug-likeness (QED) is 0.704. The van der Waals surface area contributed by atoms with Crippen LogP contribution in [0.5, 0.6) is 11.5 Å². The number of nitrogens with zero attached hydrogens (tertiary/aromatic N) is 2. The predicted octanol–water partition coefficient (Wildman–Crippen LogP) is 3.74. The first-order valence-electron chi connectivity index (χ1n) is 9.94. The van der Waals surface area contributed by atoms with E-state index in [0.29, 0.717) is 23.6 Å². The van der Waals surface area contributed by atoms with Crippen LogP contribution in [0.2, 0.25) is 0 Å². The number of pyridine rings is 1. The summed E-state index contributed by atoms with van der Waals surface area (Å²) >= 11 is 0. The summed E-state index contributed by atoms with van der Waals surface area (Å²) < 4.78 is 12.8. The van der Waals surface area contributed by atoms with Gasteiger partial charge in [0.15, 0.2) is 0 Å². The molecule has 1 atom stereocenters. The van der Waals surface area contributed by atoms with Gasteiger partial charge < -0.3 is 19.8 Å². The van der Waals surface area contributed by atoms with E-state index in [0.717, 1.165) is 22.4 Å². The van der Waals surface area contributed by atoms with Gasteiger partial charge in [-0.25, -0.2) is 0 Å². The molecule has 156 valence electrons. The molecule has 1 aliphatic heterocycles. The van der Waals surface area contributed by atoms with Crippen LogP contribution in [0.4, 0.5) is 0 Å². The molecule has 3 aromatic rings. The molecule has 6 nitrogen and oxygen atoms in total. The largest absolute Gasteiger partial charge is 0.497 e. The highest BCUT2D eigenvalue weighted by Crippen LogP contribution is 2.41. The minimum absolute atomic E-state index is 0.0119. The Morgan fingerprint density at radius 3 is 2.58 bits per heavy atom. The van der Waals surface area contributed by atoms with Gasteiger partial charge in [0.1, 0.15) is 23.1 Å². The van der Waals surface area contributed by atoms with Crippen LogP contribution in [0.1, 0.15) is 33.9 Å². The molecule has 2 N–H and O–H groups in total. The van der Waals surface area contributed by atoms with Gasteiger partial charge in [-0.05, 0) is 37.1 Å². The number of hydrogen-bond acceptors (Lipinski definition) is 5. The molecule has 2 heterocycles. The number of fused-ring (bicyclic) bond motifs is 1. The van der Waals surface area contributed by atoms with Crippen molar-refractivity contribution >= 4 is 0 Å². The maximum Gasteiger partial charge on any atom is 0.259 e. The summed E-state index contributed by atoms with van der Waals surface area (Å²) in [4.78, 5) is 13.7. The van der Waals surface area contributed by atoms with E-state index in [1.54, 1.807) is 17.7 Å². The number of rotatable bonds is 4. The SMILES string of the molecule is COc1cccc(C2C(C#N)=C(N)Oc3cc(C)n(Cc4ccc(C)cc4)c(=O)c32)c1. The molecule has 0 radical (unpaired) electrons. The van der Waals surface area contributed by atoms with E-state index in [1.807, 2.05) is 62.4 Å². The van der Waals surface area contributed by atoms with Crippen LogP contribution in [-0.4, -0.2) is 11.7 Å². The number of allylic oxidation sites excluding steroid dienone is 1. The maximum absolute atomic E-state index is 13.7. The van der Waals surface area contributed by atoms with Crippen molar-refractivity contribution < 1.29 is 9.47 Å². The summed E-state index contributed by atoms with van der Waals surface area (Å²) in [6.45, 7) is 4.31. The highest BCUT2D eigenvalue weighted by atomic mass is 16.5. The molecular weight excluding hydrogens is 390 g/mol. The Labute approximate surface area is 180 Å². The molecule has 0 amide bonds. The molecule has 4 rings (SSSR count). The van der Waals surface area contributed by atoms with Gasteiger partial charge >= 0.3 is 0 Å². The predicted molar refractivity (Wildman–Crippen MR) is 118 cm³/mol. The zero-order valence-corrected chi connectivity index (χ0v) is 17.7. The first-order chi connectivity index (χ1) is 14.9. The highest BCUT2D eigenvalue weighted by Gasteiger charge is 2.34. The lowest BCUT2D eigenvalue weighted by Gasteiger charge is -2.27. The minimum atomic E-state index is -0.638. The van der Waals surface area contributed by atoms with Crippen molar-refractivity contribution in [1.29, 1.82) is 5.26 Å². The summed E-state index contributed by atoms with van der Waals surface area (Å²) in [6, 6.07) is 19.3.